The van der Waals surface area contributed by atoms with Crippen molar-refractivity contribution in [3.8, 4) is 0 Å². The van der Waals surface area contributed by atoms with Crippen LogP contribution >= 0.6 is 0 Å². The third-order valence-electron chi connectivity index (χ3n) is 4.98. The molecule has 0 aliphatic carbocycles. The van der Waals surface area contributed by atoms with Gasteiger partial charge in [-0.3, -0.25) is 0 Å². The van der Waals surface area contributed by atoms with Gasteiger partial charge in [-0.2, -0.15) is 0 Å². The maximum Gasteiger partial charge on any atom is 0.0135 e. The lowest BCUT2D eigenvalue weighted by atomic mass is 9.68. The van der Waals surface area contributed by atoms with Gasteiger partial charge in [-0.05, 0) is 69.7 Å². The van der Waals surface area contributed by atoms with Gasteiger partial charge in [0.1, 0.15) is 0 Å². The normalized spacial score (nSPS) is 15.1. The first kappa shape index (κ1) is 22.9. The Labute approximate surface area is 147 Å². The largest absolute Gasteiger partial charge is 0.330 e. The van der Waals surface area contributed by atoms with Crippen LogP contribution in [0.2, 0.25) is 0 Å². The molecule has 0 radical (unpaired) electrons. The Bertz CT molecular complexity index is 328. The third-order valence-corrected chi connectivity index (χ3v) is 4.98. The van der Waals surface area contributed by atoms with E-state index in [9.17, 15) is 0 Å². The van der Waals surface area contributed by atoms with Crippen molar-refractivity contribution in [2.75, 3.05) is 6.54 Å². The Morgan fingerprint density at radius 2 is 1.00 bits per heavy atom. The van der Waals surface area contributed by atoms with Gasteiger partial charge < -0.3 is 11.1 Å². The zero-order valence-corrected chi connectivity index (χ0v) is 18.1. The quantitative estimate of drug-likeness (QED) is 0.536. The third kappa shape index (κ3) is 9.72. The Kier molecular flexibility index (Phi) is 7.41. The number of hydrogen-bond donors (Lipinski definition) is 2. The molecule has 0 fully saturated rings. The van der Waals surface area contributed by atoms with Gasteiger partial charge >= 0.3 is 0 Å². The fourth-order valence-corrected chi connectivity index (χ4v) is 4.95. The second-order valence-electron chi connectivity index (χ2n) is 11.5. The molecular formula is C21H46N2. The van der Waals surface area contributed by atoms with Gasteiger partial charge in [0.15, 0.2) is 0 Å². The maximum atomic E-state index is 5.94. The Morgan fingerprint density at radius 1 is 0.609 bits per heavy atom. The molecule has 0 rings (SSSR count). The second-order valence-corrected chi connectivity index (χ2v) is 11.5. The van der Waals surface area contributed by atoms with Crippen LogP contribution in [0.4, 0.5) is 0 Å². The van der Waals surface area contributed by atoms with Crippen LogP contribution in [0.25, 0.3) is 0 Å². The van der Waals surface area contributed by atoms with Crippen LogP contribution in [-0.2, 0) is 0 Å². The van der Waals surface area contributed by atoms with E-state index in [-0.39, 0.29) is 16.5 Å². The molecule has 2 heteroatoms. The molecule has 0 aliphatic heterocycles. The van der Waals surface area contributed by atoms with E-state index in [1.54, 1.807) is 0 Å². The topological polar surface area (TPSA) is 38.0 Å². The van der Waals surface area contributed by atoms with Gasteiger partial charge in [0.25, 0.3) is 0 Å². The summed E-state index contributed by atoms with van der Waals surface area (Å²) in [6.45, 7) is 26.5. The Balaban J connectivity index is 4.93. The zero-order valence-electron chi connectivity index (χ0n) is 18.1. The summed E-state index contributed by atoms with van der Waals surface area (Å²) >= 11 is 0. The lowest BCUT2D eigenvalue weighted by Crippen LogP contribution is -2.55. The van der Waals surface area contributed by atoms with Gasteiger partial charge in [0.05, 0.1) is 0 Å². The summed E-state index contributed by atoms with van der Waals surface area (Å²) in [5, 5.41) is 3.93. The molecule has 0 heterocycles. The molecule has 140 valence electrons. The van der Waals surface area contributed by atoms with E-state index < -0.39 is 0 Å². The van der Waals surface area contributed by atoms with Gasteiger partial charge in [-0.25, -0.2) is 0 Å². The Morgan fingerprint density at radius 3 is 1.35 bits per heavy atom. The molecule has 0 amide bonds. The van der Waals surface area contributed by atoms with E-state index in [0.29, 0.717) is 10.8 Å². The van der Waals surface area contributed by atoms with Crippen molar-refractivity contribution in [1.29, 1.82) is 0 Å². The minimum Gasteiger partial charge on any atom is -0.330 e. The predicted octanol–water partition coefficient (Wildman–Crippen LogP) is 5.75. The molecule has 0 saturated heterocycles. The van der Waals surface area contributed by atoms with Crippen LogP contribution in [0.5, 0.6) is 0 Å². The maximum absolute atomic E-state index is 5.94. The summed E-state index contributed by atoms with van der Waals surface area (Å²) in [6, 6.07) is 0. The van der Waals surface area contributed by atoms with Crippen LogP contribution in [-0.4, -0.2) is 17.6 Å². The highest BCUT2D eigenvalue weighted by Gasteiger charge is 2.37. The lowest BCUT2D eigenvalue weighted by molar-refractivity contribution is 0.110. The van der Waals surface area contributed by atoms with E-state index in [2.05, 4.69) is 81.5 Å². The molecule has 0 aromatic rings. The summed E-state index contributed by atoms with van der Waals surface area (Å²) in [5.41, 5.74) is 7.05. The summed E-state index contributed by atoms with van der Waals surface area (Å²) in [6.07, 6.45) is 4.76. The highest BCUT2D eigenvalue weighted by Crippen LogP contribution is 2.41. The van der Waals surface area contributed by atoms with Crippen LogP contribution < -0.4 is 11.1 Å². The fraction of sp³-hybridized carbons (Fsp3) is 1.00. The summed E-state index contributed by atoms with van der Waals surface area (Å²) < 4.78 is 0. The van der Waals surface area contributed by atoms with Gasteiger partial charge in [0.2, 0.25) is 0 Å². The summed E-state index contributed by atoms with van der Waals surface area (Å²) in [4.78, 5) is 0. The molecular weight excluding hydrogens is 280 g/mol. The van der Waals surface area contributed by atoms with Crippen molar-refractivity contribution < 1.29 is 0 Å². The number of nitrogens with two attached hydrogens (primary N) is 1. The molecule has 0 spiro atoms. The molecule has 2 nitrogen and oxygen atoms in total. The molecule has 0 aromatic heterocycles. The van der Waals surface area contributed by atoms with Gasteiger partial charge in [-0.15, -0.1) is 0 Å². The standard InChI is InChI=1S/C21H46N2/c1-12-17(2,3)13-18(4,5)14-20(8,9)23-21(10,11)15-19(6,7)16-22/h23H,12-16,22H2,1-11H3. The van der Waals surface area contributed by atoms with Crippen LogP contribution in [0, 0.1) is 16.2 Å². The van der Waals surface area contributed by atoms with E-state index in [0.717, 1.165) is 13.0 Å². The molecule has 0 aliphatic rings. The molecule has 23 heavy (non-hydrogen) atoms. The second kappa shape index (κ2) is 7.44. The summed E-state index contributed by atoms with van der Waals surface area (Å²) in [5.74, 6) is 0. The average Bonchev–Trinajstić information content (AvgIpc) is 2.22. The van der Waals surface area contributed by atoms with Gasteiger partial charge in [-0.1, -0.05) is 54.9 Å². The van der Waals surface area contributed by atoms with Crippen molar-refractivity contribution in [2.45, 2.75) is 113 Å². The minimum absolute atomic E-state index is 0.0860. The highest BCUT2D eigenvalue weighted by atomic mass is 15.0. The monoisotopic (exact) mass is 326 g/mol. The average molecular weight is 327 g/mol. The van der Waals surface area contributed by atoms with Crippen molar-refractivity contribution in [2.24, 2.45) is 22.0 Å². The molecule has 0 bridgehead atoms. The van der Waals surface area contributed by atoms with Crippen molar-refractivity contribution in [1.82, 2.24) is 5.32 Å². The Hall–Kier alpha value is -0.0800. The zero-order chi connectivity index (χ0) is 18.7. The van der Waals surface area contributed by atoms with E-state index >= 15 is 0 Å². The highest BCUT2D eigenvalue weighted by molar-refractivity contribution is 4.95. The number of rotatable bonds is 10. The first-order chi connectivity index (χ1) is 9.95. The molecule has 3 N–H and O–H groups in total. The molecule has 0 aromatic carbocycles. The van der Waals surface area contributed by atoms with E-state index in [4.69, 9.17) is 5.73 Å². The van der Waals surface area contributed by atoms with Crippen LogP contribution in [0.1, 0.15) is 102 Å². The van der Waals surface area contributed by atoms with E-state index in [1.807, 2.05) is 0 Å². The fourth-order valence-electron chi connectivity index (χ4n) is 4.95. The van der Waals surface area contributed by atoms with Crippen LogP contribution in [0.3, 0.4) is 0 Å². The van der Waals surface area contributed by atoms with Gasteiger partial charge in [0, 0.05) is 11.1 Å². The molecule has 0 atom stereocenters. The predicted molar refractivity (Wildman–Crippen MR) is 106 cm³/mol. The first-order valence-corrected chi connectivity index (χ1v) is 9.44. The van der Waals surface area contributed by atoms with Crippen molar-refractivity contribution >= 4 is 0 Å². The van der Waals surface area contributed by atoms with Crippen molar-refractivity contribution in [3.63, 3.8) is 0 Å². The number of nitrogens with one attached hydrogen (secondary N) is 1. The number of hydrogen-bond acceptors (Lipinski definition) is 2. The molecule has 0 unspecified atom stereocenters. The minimum atomic E-state index is 0.0860. The lowest BCUT2D eigenvalue weighted by Gasteiger charge is -2.45. The molecule has 0 saturated carbocycles. The smallest absolute Gasteiger partial charge is 0.0135 e. The van der Waals surface area contributed by atoms with Crippen LogP contribution in [0.15, 0.2) is 0 Å². The van der Waals surface area contributed by atoms with Crippen molar-refractivity contribution in [3.05, 3.63) is 0 Å². The SMILES string of the molecule is CCC(C)(C)CC(C)(C)CC(C)(C)NC(C)(C)CC(C)(C)CN. The first-order valence-electron chi connectivity index (χ1n) is 9.44. The van der Waals surface area contributed by atoms with E-state index in [1.165, 1.54) is 19.3 Å². The summed E-state index contributed by atoms with van der Waals surface area (Å²) in [7, 11) is 0.